The second-order valence-corrected chi connectivity index (χ2v) is 5.83. The van der Waals surface area contributed by atoms with E-state index in [1.165, 1.54) is 0 Å². The van der Waals surface area contributed by atoms with Crippen molar-refractivity contribution in [2.75, 3.05) is 53.0 Å². The lowest BCUT2D eigenvalue weighted by Gasteiger charge is -2.26. The molecule has 2 aromatic rings. The van der Waals surface area contributed by atoms with Crippen molar-refractivity contribution in [3.8, 4) is 0 Å². The van der Waals surface area contributed by atoms with Crippen molar-refractivity contribution in [1.29, 1.82) is 0 Å². The Morgan fingerprint density at radius 1 is 1.24 bits per heavy atom. The number of nitrogens with one attached hydrogen (secondary N) is 2. The van der Waals surface area contributed by atoms with Gasteiger partial charge in [-0.05, 0) is 12.1 Å². The second-order valence-electron chi connectivity index (χ2n) is 5.83. The van der Waals surface area contributed by atoms with Gasteiger partial charge in [-0.25, -0.2) is 4.98 Å². The molecule has 1 saturated heterocycles. The monoisotopic (exact) mass is 458 g/mol. The number of ether oxygens (including phenoxy) is 1. The normalized spacial score (nSPS) is 15.8. The number of halogens is 1. The van der Waals surface area contributed by atoms with Gasteiger partial charge in [0.25, 0.3) is 0 Å². The first-order chi connectivity index (χ1) is 11.8. The Morgan fingerprint density at radius 3 is 2.80 bits per heavy atom. The van der Waals surface area contributed by atoms with E-state index in [1.807, 2.05) is 28.8 Å². The summed E-state index contributed by atoms with van der Waals surface area (Å²) < 4.78 is 7.41. The van der Waals surface area contributed by atoms with Crippen LogP contribution in [0, 0.1) is 0 Å². The van der Waals surface area contributed by atoms with E-state index in [0.29, 0.717) is 0 Å². The number of aromatic nitrogens is 2. The highest BCUT2D eigenvalue weighted by Crippen LogP contribution is 2.04. The maximum absolute atomic E-state index is 5.36. The van der Waals surface area contributed by atoms with E-state index in [-0.39, 0.29) is 24.0 Å². The summed E-state index contributed by atoms with van der Waals surface area (Å²) in [4.78, 5) is 11.3. The molecule has 3 heterocycles. The molecule has 0 unspecified atom stereocenters. The zero-order valence-electron chi connectivity index (χ0n) is 14.6. The highest BCUT2D eigenvalue weighted by atomic mass is 127. The third-order valence-electron chi connectivity index (χ3n) is 4.14. The minimum Gasteiger partial charge on any atom is -0.379 e. The molecule has 0 bridgehead atoms. The number of guanidine groups is 1. The van der Waals surface area contributed by atoms with Crippen molar-refractivity contribution in [2.24, 2.45) is 4.99 Å². The number of imidazole rings is 1. The second kappa shape index (κ2) is 10.6. The van der Waals surface area contributed by atoms with Gasteiger partial charge in [0.05, 0.1) is 18.9 Å². The van der Waals surface area contributed by atoms with E-state index in [2.05, 4.69) is 31.7 Å². The Labute approximate surface area is 165 Å². The summed E-state index contributed by atoms with van der Waals surface area (Å²) >= 11 is 0. The molecule has 0 amide bonds. The number of hydrogen-bond donors (Lipinski definition) is 2. The minimum absolute atomic E-state index is 0. The molecule has 138 valence electrons. The summed E-state index contributed by atoms with van der Waals surface area (Å²) in [7, 11) is 1.80. The standard InChI is InChI=1S/C17H26N6O.HI/c1-18-17(20-7-9-22-10-12-24-13-11-22)19-6-5-15-14-23-8-3-2-4-16(23)21-15;/h2-4,8,14H,5-7,9-13H2,1H3,(H2,18,19,20);1H. The Balaban J connectivity index is 0.00000225. The number of hydrogen-bond acceptors (Lipinski definition) is 4. The maximum atomic E-state index is 5.36. The molecule has 2 N–H and O–H groups in total. The van der Waals surface area contributed by atoms with Gasteiger partial charge in [0.15, 0.2) is 5.96 Å². The Bertz CT molecular complexity index is 635. The third kappa shape index (κ3) is 6.12. The van der Waals surface area contributed by atoms with Crippen LogP contribution in [0.4, 0.5) is 0 Å². The Kier molecular flexibility index (Phi) is 8.42. The summed E-state index contributed by atoms with van der Waals surface area (Å²) in [6.45, 7) is 6.41. The molecule has 1 aliphatic rings. The van der Waals surface area contributed by atoms with Gasteiger partial charge in [-0.2, -0.15) is 0 Å². The fourth-order valence-electron chi connectivity index (χ4n) is 2.79. The van der Waals surface area contributed by atoms with Crippen LogP contribution in [0.2, 0.25) is 0 Å². The molecule has 3 rings (SSSR count). The third-order valence-corrected chi connectivity index (χ3v) is 4.14. The lowest BCUT2D eigenvalue weighted by atomic mass is 10.3. The van der Waals surface area contributed by atoms with Crippen LogP contribution in [0.15, 0.2) is 35.6 Å². The Hall–Kier alpha value is -1.39. The molecule has 0 atom stereocenters. The van der Waals surface area contributed by atoms with E-state index < -0.39 is 0 Å². The van der Waals surface area contributed by atoms with Crippen molar-refractivity contribution in [2.45, 2.75) is 6.42 Å². The van der Waals surface area contributed by atoms with Gasteiger partial charge in [-0.3, -0.25) is 9.89 Å². The van der Waals surface area contributed by atoms with Crippen LogP contribution >= 0.6 is 24.0 Å². The summed E-state index contributed by atoms with van der Waals surface area (Å²) in [5.74, 6) is 0.840. The fraction of sp³-hybridized carbons (Fsp3) is 0.529. The average Bonchev–Trinajstić information content (AvgIpc) is 3.04. The van der Waals surface area contributed by atoms with Gasteiger partial charge in [-0.15, -0.1) is 24.0 Å². The first-order valence-electron chi connectivity index (χ1n) is 8.52. The van der Waals surface area contributed by atoms with E-state index in [9.17, 15) is 0 Å². The summed E-state index contributed by atoms with van der Waals surface area (Å²) in [5.41, 5.74) is 2.07. The van der Waals surface area contributed by atoms with Crippen LogP contribution in [-0.2, 0) is 11.2 Å². The molecular formula is C17H27IN6O. The highest BCUT2D eigenvalue weighted by molar-refractivity contribution is 14.0. The largest absolute Gasteiger partial charge is 0.379 e. The van der Waals surface area contributed by atoms with Crippen molar-refractivity contribution in [3.63, 3.8) is 0 Å². The Morgan fingerprint density at radius 2 is 2.04 bits per heavy atom. The van der Waals surface area contributed by atoms with Gasteiger partial charge in [0.1, 0.15) is 5.65 Å². The van der Waals surface area contributed by atoms with Gasteiger partial charge in [-0.1, -0.05) is 6.07 Å². The smallest absolute Gasteiger partial charge is 0.191 e. The number of aliphatic imine (C=N–C) groups is 1. The number of fused-ring (bicyclic) bond motifs is 1. The lowest BCUT2D eigenvalue weighted by molar-refractivity contribution is 0.0389. The topological polar surface area (TPSA) is 66.2 Å². The van der Waals surface area contributed by atoms with Gasteiger partial charge < -0.3 is 19.8 Å². The molecule has 25 heavy (non-hydrogen) atoms. The van der Waals surface area contributed by atoms with Crippen LogP contribution in [-0.4, -0.2) is 73.2 Å². The van der Waals surface area contributed by atoms with Gasteiger partial charge in [0.2, 0.25) is 0 Å². The van der Waals surface area contributed by atoms with E-state index in [1.54, 1.807) is 7.05 Å². The molecule has 0 saturated carbocycles. The van der Waals surface area contributed by atoms with Gasteiger partial charge >= 0.3 is 0 Å². The van der Waals surface area contributed by atoms with E-state index in [4.69, 9.17) is 4.74 Å². The summed E-state index contributed by atoms with van der Waals surface area (Å²) in [5, 5.41) is 6.71. The molecule has 0 radical (unpaired) electrons. The minimum atomic E-state index is 0. The van der Waals surface area contributed by atoms with Crippen molar-refractivity contribution in [1.82, 2.24) is 24.9 Å². The van der Waals surface area contributed by atoms with Crippen LogP contribution in [0.3, 0.4) is 0 Å². The predicted octanol–water partition coefficient (Wildman–Crippen LogP) is 0.992. The first-order valence-corrected chi connectivity index (χ1v) is 8.52. The maximum Gasteiger partial charge on any atom is 0.191 e. The zero-order chi connectivity index (χ0) is 16.6. The highest BCUT2D eigenvalue weighted by Gasteiger charge is 2.09. The van der Waals surface area contributed by atoms with Crippen molar-refractivity contribution in [3.05, 3.63) is 36.3 Å². The molecular weight excluding hydrogens is 431 g/mol. The number of nitrogens with zero attached hydrogens (tertiary/aromatic N) is 4. The zero-order valence-corrected chi connectivity index (χ0v) is 17.0. The quantitative estimate of drug-likeness (QED) is 0.384. The molecule has 8 heteroatoms. The number of morpholine rings is 1. The SMILES string of the molecule is CN=C(NCCc1cn2ccccc2n1)NCCN1CCOCC1.I. The molecule has 0 spiro atoms. The summed E-state index contributed by atoms with van der Waals surface area (Å²) in [6.07, 6.45) is 4.96. The van der Waals surface area contributed by atoms with Crippen molar-refractivity contribution >= 4 is 35.6 Å². The average molecular weight is 458 g/mol. The summed E-state index contributed by atoms with van der Waals surface area (Å²) in [6, 6.07) is 6.03. The molecule has 7 nitrogen and oxygen atoms in total. The van der Waals surface area contributed by atoms with Crippen LogP contribution < -0.4 is 10.6 Å². The lowest BCUT2D eigenvalue weighted by Crippen LogP contribution is -2.44. The molecule has 0 aliphatic carbocycles. The first kappa shape index (κ1) is 19.9. The molecule has 1 fully saturated rings. The number of rotatable bonds is 6. The molecule has 1 aliphatic heterocycles. The van der Waals surface area contributed by atoms with E-state index in [0.717, 1.165) is 69.7 Å². The van der Waals surface area contributed by atoms with E-state index >= 15 is 0 Å². The van der Waals surface area contributed by atoms with Crippen LogP contribution in [0.1, 0.15) is 5.69 Å². The van der Waals surface area contributed by atoms with Crippen LogP contribution in [0.25, 0.3) is 5.65 Å². The molecule has 2 aromatic heterocycles. The molecule has 0 aromatic carbocycles. The predicted molar refractivity (Wildman–Crippen MR) is 111 cm³/mol. The van der Waals surface area contributed by atoms with Crippen molar-refractivity contribution < 1.29 is 4.74 Å². The number of pyridine rings is 1. The fourth-order valence-corrected chi connectivity index (χ4v) is 2.79. The van der Waals surface area contributed by atoms with Gasteiger partial charge in [0, 0.05) is 58.6 Å². The van der Waals surface area contributed by atoms with Crippen LogP contribution in [0.5, 0.6) is 0 Å².